The van der Waals surface area contributed by atoms with Gasteiger partial charge in [-0.1, -0.05) is 71.4 Å². The van der Waals surface area contributed by atoms with Crippen LogP contribution in [0.25, 0.3) is 11.3 Å². The van der Waals surface area contributed by atoms with E-state index in [1.54, 1.807) is 46.1 Å². The zero-order valence-electron chi connectivity index (χ0n) is 32.6. The molecule has 0 aliphatic carbocycles. The lowest BCUT2D eigenvalue weighted by molar-refractivity contribution is -0.139. The molecule has 5 aromatic rings. The van der Waals surface area contributed by atoms with Crippen molar-refractivity contribution in [2.24, 2.45) is 11.8 Å². The summed E-state index contributed by atoms with van der Waals surface area (Å²) in [6.07, 6.45) is -2.17. The van der Waals surface area contributed by atoms with Gasteiger partial charge >= 0.3 is 6.18 Å². The summed E-state index contributed by atoms with van der Waals surface area (Å²) in [6, 6.07) is 24.1. The first-order valence-corrected chi connectivity index (χ1v) is 20.3. The van der Waals surface area contributed by atoms with Gasteiger partial charge in [0.2, 0.25) is 17.7 Å². The molecule has 2 fully saturated rings. The molecular formula is C44H43ClF3N7O5. The van der Waals surface area contributed by atoms with Gasteiger partial charge in [-0.15, -0.1) is 5.10 Å². The Bertz CT molecular complexity index is 2330. The highest BCUT2D eigenvalue weighted by atomic mass is 35.5. The van der Waals surface area contributed by atoms with Crippen LogP contribution in [-0.4, -0.2) is 85.9 Å². The number of piperidine rings is 1. The molecule has 60 heavy (non-hydrogen) atoms. The second-order valence-corrected chi connectivity index (χ2v) is 16.0. The second kappa shape index (κ2) is 17.8. The highest BCUT2D eigenvalue weighted by Gasteiger charge is 2.44. The Morgan fingerprint density at radius 3 is 2.53 bits per heavy atom. The van der Waals surface area contributed by atoms with E-state index in [4.69, 9.17) is 21.1 Å². The molecule has 4 atom stereocenters. The first kappa shape index (κ1) is 41.0. The Morgan fingerprint density at radius 1 is 0.933 bits per heavy atom. The summed E-state index contributed by atoms with van der Waals surface area (Å²) < 4.78 is 56.5. The molecule has 16 heteroatoms. The number of carbonyl (C=O) groups excluding carboxylic acids is 3. The van der Waals surface area contributed by atoms with Crippen LogP contribution >= 0.6 is 11.6 Å². The Labute approximate surface area is 349 Å². The van der Waals surface area contributed by atoms with E-state index in [-0.39, 0.29) is 85.5 Å². The van der Waals surface area contributed by atoms with Crippen LogP contribution in [0.4, 0.5) is 13.2 Å². The number of hydrogen-bond acceptors (Lipinski definition) is 8. The number of benzene rings is 3. The number of alkyl halides is 3. The maximum absolute atomic E-state index is 14.6. The number of fused-ring (bicyclic) bond motifs is 8. The molecule has 3 amide bonds. The van der Waals surface area contributed by atoms with Gasteiger partial charge in [0, 0.05) is 61.2 Å². The minimum Gasteiger partial charge on any atom is -0.478 e. The van der Waals surface area contributed by atoms with Crippen molar-refractivity contribution < 1.29 is 37.0 Å². The second-order valence-electron chi connectivity index (χ2n) is 15.5. The number of ether oxygens (including phenoxy) is 2. The number of carbonyl (C=O) groups is 3. The lowest BCUT2D eigenvalue weighted by atomic mass is 9.80. The van der Waals surface area contributed by atoms with Crippen molar-refractivity contribution in [3.63, 3.8) is 0 Å². The number of pyridine rings is 1. The number of hydrogen-bond donors (Lipinski definition) is 1. The third-order valence-electron chi connectivity index (χ3n) is 11.4. The van der Waals surface area contributed by atoms with Crippen LogP contribution in [0, 0.1) is 11.8 Å². The average Bonchev–Trinajstić information content (AvgIpc) is 3.89. The lowest BCUT2D eigenvalue weighted by Gasteiger charge is -2.40. The Kier molecular flexibility index (Phi) is 12.2. The SMILES string of the molecule is O=C(C[C@@H]1CCN2C[C@@H]1CCOc1cc(C(F)(F)F)cc(n1)-c1cccc(c1)C(=O)N1C[C@H](OCc3cn(Cc4ccccc4)nn3)C[C@H]1C2=O)NCc1ccc(Cl)cc1. The summed E-state index contributed by atoms with van der Waals surface area (Å²) in [4.78, 5) is 49.9. The van der Waals surface area contributed by atoms with Crippen molar-refractivity contribution in [2.45, 2.75) is 63.7 Å². The van der Waals surface area contributed by atoms with Crippen LogP contribution in [0.3, 0.4) is 0 Å². The molecule has 5 heterocycles. The molecule has 2 aromatic heterocycles. The fourth-order valence-electron chi connectivity index (χ4n) is 8.22. The molecule has 0 unspecified atom stereocenters. The van der Waals surface area contributed by atoms with Gasteiger partial charge in [-0.05, 0) is 66.1 Å². The van der Waals surface area contributed by atoms with E-state index < -0.39 is 29.8 Å². The van der Waals surface area contributed by atoms with Crippen LogP contribution in [0.15, 0.2) is 97.2 Å². The van der Waals surface area contributed by atoms with Crippen LogP contribution in [0.2, 0.25) is 5.02 Å². The van der Waals surface area contributed by atoms with E-state index in [9.17, 15) is 27.6 Å². The first-order chi connectivity index (χ1) is 28.9. The van der Waals surface area contributed by atoms with Crippen LogP contribution in [0.5, 0.6) is 5.88 Å². The van der Waals surface area contributed by atoms with Gasteiger partial charge in [0.1, 0.15) is 11.7 Å². The molecule has 3 aliphatic rings. The Hall–Kier alpha value is -5.80. The minimum atomic E-state index is -4.69. The summed E-state index contributed by atoms with van der Waals surface area (Å²) in [6.45, 7) is 1.68. The van der Waals surface area contributed by atoms with Gasteiger partial charge < -0.3 is 24.6 Å². The minimum absolute atomic E-state index is 0.00328. The largest absolute Gasteiger partial charge is 0.478 e. The molecule has 3 aliphatic heterocycles. The fraction of sp³-hybridized carbons (Fsp3) is 0.364. The summed E-state index contributed by atoms with van der Waals surface area (Å²) >= 11 is 6.02. The normalized spacial score (nSPS) is 20.7. The van der Waals surface area contributed by atoms with Gasteiger partial charge in [0.25, 0.3) is 5.91 Å². The number of halogens is 4. The fourth-order valence-corrected chi connectivity index (χ4v) is 8.34. The Morgan fingerprint density at radius 2 is 1.73 bits per heavy atom. The van der Waals surface area contributed by atoms with Crippen LogP contribution < -0.4 is 10.1 Å². The van der Waals surface area contributed by atoms with E-state index in [2.05, 4.69) is 20.6 Å². The molecule has 3 aromatic carbocycles. The van der Waals surface area contributed by atoms with Crippen LogP contribution in [0.1, 0.15) is 58.4 Å². The predicted octanol–water partition coefficient (Wildman–Crippen LogP) is 6.81. The first-order valence-electron chi connectivity index (χ1n) is 19.9. The monoisotopic (exact) mass is 841 g/mol. The van der Waals surface area contributed by atoms with Crippen molar-refractivity contribution >= 4 is 29.3 Å². The maximum atomic E-state index is 14.6. The van der Waals surface area contributed by atoms with Crippen LogP contribution in [-0.2, 0) is 40.2 Å². The van der Waals surface area contributed by atoms with Crippen molar-refractivity contribution in [1.29, 1.82) is 0 Å². The van der Waals surface area contributed by atoms with Crippen molar-refractivity contribution in [3.05, 3.63) is 130 Å². The van der Waals surface area contributed by atoms with Crippen molar-refractivity contribution in [3.8, 4) is 17.1 Å². The summed E-state index contributed by atoms with van der Waals surface area (Å²) in [7, 11) is 0. The zero-order valence-corrected chi connectivity index (χ0v) is 33.3. The molecule has 8 rings (SSSR count). The smallest absolute Gasteiger partial charge is 0.416 e. The van der Waals surface area contributed by atoms with E-state index in [0.29, 0.717) is 43.2 Å². The van der Waals surface area contributed by atoms with E-state index in [0.717, 1.165) is 23.3 Å². The number of amides is 3. The molecular weight excluding hydrogens is 799 g/mol. The number of nitrogens with one attached hydrogen (secondary N) is 1. The molecule has 2 saturated heterocycles. The van der Waals surface area contributed by atoms with Gasteiger partial charge in [-0.2, -0.15) is 13.2 Å². The quantitative estimate of drug-likeness (QED) is 0.171. The van der Waals surface area contributed by atoms with Gasteiger partial charge in [-0.3, -0.25) is 14.4 Å². The summed E-state index contributed by atoms with van der Waals surface area (Å²) in [5.41, 5.74) is 2.05. The topological polar surface area (TPSA) is 132 Å². The van der Waals surface area contributed by atoms with Crippen molar-refractivity contribution in [1.82, 2.24) is 35.1 Å². The highest BCUT2D eigenvalue weighted by Crippen LogP contribution is 2.36. The zero-order chi connectivity index (χ0) is 41.8. The van der Waals surface area contributed by atoms with E-state index in [1.165, 1.54) is 11.0 Å². The molecule has 312 valence electrons. The van der Waals surface area contributed by atoms with Gasteiger partial charge in [0.15, 0.2) is 0 Å². The molecule has 6 bridgehead atoms. The molecule has 0 spiro atoms. The van der Waals surface area contributed by atoms with Gasteiger partial charge in [0.05, 0.1) is 43.3 Å². The molecule has 0 saturated carbocycles. The van der Waals surface area contributed by atoms with Gasteiger partial charge in [-0.25, -0.2) is 9.67 Å². The van der Waals surface area contributed by atoms with Crippen molar-refractivity contribution in [2.75, 3.05) is 26.2 Å². The Balaban J connectivity index is 1.05. The third-order valence-corrected chi connectivity index (χ3v) is 11.6. The molecule has 1 N–H and O–H groups in total. The number of nitrogens with zero attached hydrogens (tertiary/aromatic N) is 6. The standard InChI is InChI=1S/C44H43ClF3N7O5/c45-35-11-9-28(10-12-35)22-49-40(56)18-30-13-15-53-24-33(30)14-16-59-41-20-34(44(46,47)48)19-38(50-41)31-7-4-8-32(17-31)42(57)55-26-37(21-39(55)43(53)58)60-27-36-25-54(52-51-36)23-29-5-2-1-3-6-29/h1-12,17,19-20,25,30,33,37,39H,13-16,18,21-24,26-27H2,(H,49,56)/t30-,33-,37+,39-/m0/s1. The predicted molar refractivity (Wildman–Crippen MR) is 214 cm³/mol. The molecule has 0 radical (unpaired) electrons. The summed E-state index contributed by atoms with van der Waals surface area (Å²) in [5, 5.41) is 12.1. The lowest BCUT2D eigenvalue weighted by Crippen LogP contribution is -2.52. The summed E-state index contributed by atoms with van der Waals surface area (Å²) in [5.74, 6) is -1.48. The molecule has 12 nitrogen and oxygen atoms in total. The number of aromatic nitrogens is 4. The third kappa shape index (κ3) is 9.79. The van der Waals surface area contributed by atoms with E-state index in [1.807, 2.05) is 42.5 Å². The van der Waals surface area contributed by atoms with E-state index >= 15 is 0 Å². The average molecular weight is 842 g/mol. The maximum Gasteiger partial charge on any atom is 0.416 e. The highest BCUT2D eigenvalue weighted by molar-refractivity contribution is 6.30. The number of rotatable bonds is 9.